The first-order chi connectivity index (χ1) is 11.6. The molecule has 0 aliphatic heterocycles. The van der Waals surface area contributed by atoms with Gasteiger partial charge in [-0.3, -0.25) is 0 Å². The number of benzene rings is 1. The lowest BCUT2D eigenvalue weighted by atomic mass is 10.1. The second kappa shape index (κ2) is 9.08. The first-order valence-corrected chi connectivity index (χ1v) is 8.18. The summed E-state index contributed by atoms with van der Waals surface area (Å²) >= 11 is 0. The maximum atomic E-state index is 14.3. The molecule has 0 saturated carbocycles. The van der Waals surface area contributed by atoms with Crippen molar-refractivity contribution in [2.45, 2.75) is 38.7 Å². The van der Waals surface area contributed by atoms with Crippen LogP contribution in [0, 0.1) is 5.82 Å². The van der Waals surface area contributed by atoms with Gasteiger partial charge in [-0.15, -0.1) is 6.58 Å². The number of aliphatic hydroxyl groups excluding tert-OH is 1. The van der Waals surface area contributed by atoms with Crippen LogP contribution in [-0.4, -0.2) is 21.4 Å². The molecule has 1 heterocycles. The molecule has 1 unspecified atom stereocenters. The van der Waals surface area contributed by atoms with Crippen LogP contribution < -0.4 is 0 Å². The van der Waals surface area contributed by atoms with Crippen molar-refractivity contribution in [2.24, 2.45) is 0 Å². The molecule has 2 aromatic rings. The average molecular weight is 326 g/mol. The lowest BCUT2D eigenvalue weighted by Gasteiger charge is -2.04. The lowest BCUT2D eigenvalue weighted by Crippen LogP contribution is -1.97. The summed E-state index contributed by atoms with van der Waals surface area (Å²) in [7, 11) is 0. The highest BCUT2D eigenvalue weighted by Crippen LogP contribution is 2.22. The molecule has 0 saturated heterocycles. The second-order valence-electron chi connectivity index (χ2n) is 5.82. The van der Waals surface area contributed by atoms with E-state index in [9.17, 15) is 9.50 Å². The summed E-state index contributed by atoms with van der Waals surface area (Å²) in [5.41, 5.74) is 2.59. The number of aromatic nitrogens is 2. The molecule has 0 amide bonds. The third-order valence-electron chi connectivity index (χ3n) is 3.65. The van der Waals surface area contributed by atoms with Gasteiger partial charge in [-0.05, 0) is 56.0 Å². The Morgan fingerprint density at radius 3 is 2.71 bits per heavy atom. The monoisotopic (exact) mass is 326 g/mol. The Bertz CT molecular complexity index is 693. The quantitative estimate of drug-likeness (QED) is 0.571. The van der Waals surface area contributed by atoms with E-state index in [1.54, 1.807) is 25.1 Å². The van der Waals surface area contributed by atoms with Crippen LogP contribution in [0.4, 0.5) is 4.39 Å². The third-order valence-corrected chi connectivity index (χ3v) is 3.65. The number of aliphatic hydroxyl groups is 1. The lowest BCUT2D eigenvalue weighted by molar-refractivity contribution is 0.182. The Hall–Kier alpha value is -2.33. The molecule has 0 spiro atoms. The largest absolute Gasteiger partial charge is 0.393 e. The van der Waals surface area contributed by atoms with Crippen LogP contribution in [0.25, 0.3) is 17.3 Å². The van der Waals surface area contributed by atoms with E-state index in [-0.39, 0.29) is 11.9 Å². The standard InChI is InChI=1S/C20H23FN2O/c1-3-7-17-11-13-20(23-22-17)18-12-10-16(14-19(18)21)9-6-4-5-8-15(2)24/h3,6,9-15,24H,1,4-5,7-8H2,2H3. The summed E-state index contributed by atoms with van der Waals surface area (Å²) in [5, 5.41) is 17.4. The van der Waals surface area contributed by atoms with Crippen LogP contribution in [0.15, 0.2) is 49.1 Å². The number of allylic oxidation sites excluding steroid dienone is 2. The predicted molar refractivity (Wildman–Crippen MR) is 95.9 cm³/mol. The van der Waals surface area contributed by atoms with Crippen LogP contribution >= 0.6 is 0 Å². The normalized spacial score (nSPS) is 12.5. The molecule has 0 bridgehead atoms. The Labute approximate surface area is 142 Å². The van der Waals surface area contributed by atoms with Crippen LogP contribution in [-0.2, 0) is 6.42 Å². The van der Waals surface area contributed by atoms with E-state index in [4.69, 9.17) is 0 Å². The van der Waals surface area contributed by atoms with E-state index < -0.39 is 0 Å². The van der Waals surface area contributed by atoms with Crippen molar-refractivity contribution in [3.63, 3.8) is 0 Å². The van der Waals surface area contributed by atoms with Gasteiger partial charge in [0.05, 0.1) is 17.5 Å². The molecule has 1 N–H and O–H groups in total. The zero-order chi connectivity index (χ0) is 17.4. The fraction of sp³-hybridized carbons (Fsp3) is 0.300. The summed E-state index contributed by atoms with van der Waals surface area (Å²) in [4.78, 5) is 0. The molecule has 126 valence electrons. The van der Waals surface area contributed by atoms with Crippen LogP contribution in [0.2, 0.25) is 0 Å². The number of hydrogen-bond acceptors (Lipinski definition) is 3. The number of halogens is 1. The topological polar surface area (TPSA) is 46.0 Å². The van der Waals surface area contributed by atoms with Crippen LogP contribution in [0.1, 0.15) is 37.4 Å². The van der Waals surface area contributed by atoms with Crippen molar-refractivity contribution in [1.82, 2.24) is 10.2 Å². The second-order valence-corrected chi connectivity index (χ2v) is 5.82. The first kappa shape index (κ1) is 18.0. The Balaban J connectivity index is 2.03. The summed E-state index contributed by atoms with van der Waals surface area (Å²) in [6, 6.07) is 8.69. The molecule has 1 aromatic heterocycles. The van der Waals surface area contributed by atoms with Crippen molar-refractivity contribution < 1.29 is 9.50 Å². The molecule has 0 fully saturated rings. The number of rotatable bonds is 8. The minimum Gasteiger partial charge on any atom is -0.393 e. The molecule has 0 aliphatic carbocycles. The Morgan fingerprint density at radius 1 is 1.25 bits per heavy atom. The molecule has 0 radical (unpaired) electrons. The van der Waals surface area contributed by atoms with Gasteiger partial charge in [0.15, 0.2) is 0 Å². The molecule has 2 rings (SSSR count). The maximum Gasteiger partial charge on any atom is 0.133 e. The molecule has 4 heteroatoms. The average Bonchev–Trinajstić information content (AvgIpc) is 2.56. The van der Waals surface area contributed by atoms with Crippen molar-refractivity contribution in [1.29, 1.82) is 0 Å². The van der Waals surface area contributed by atoms with Gasteiger partial charge in [0, 0.05) is 12.0 Å². The Kier molecular flexibility index (Phi) is 6.82. The third kappa shape index (κ3) is 5.39. The van der Waals surface area contributed by atoms with Gasteiger partial charge in [-0.25, -0.2) is 4.39 Å². The fourth-order valence-corrected chi connectivity index (χ4v) is 2.35. The van der Waals surface area contributed by atoms with Crippen molar-refractivity contribution in [3.8, 4) is 11.3 Å². The molecular formula is C20H23FN2O. The minimum atomic E-state index is -0.313. The molecule has 0 aliphatic rings. The maximum absolute atomic E-state index is 14.3. The predicted octanol–water partition coefficient (Wildman–Crippen LogP) is 4.58. The van der Waals surface area contributed by atoms with Gasteiger partial charge in [-0.1, -0.05) is 24.3 Å². The van der Waals surface area contributed by atoms with Gasteiger partial charge < -0.3 is 5.11 Å². The fourth-order valence-electron chi connectivity index (χ4n) is 2.35. The van der Waals surface area contributed by atoms with E-state index >= 15 is 0 Å². The summed E-state index contributed by atoms with van der Waals surface area (Å²) in [6.45, 7) is 5.44. The molecule has 24 heavy (non-hydrogen) atoms. The molecule has 3 nitrogen and oxygen atoms in total. The van der Waals surface area contributed by atoms with Crippen molar-refractivity contribution in [2.75, 3.05) is 0 Å². The van der Waals surface area contributed by atoms with Crippen molar-refractivity contribution >= 4 is 6.08 Å². The van der Waals surface area contributed by atoms with Crippen LogP contribution in [0.5, 0.6) is 0 Å². The van der Waals surface area contributed by atoms with E-state index in [1.165, 1.54) is 6.07 Å². The molecule has 1 atom stereocenters. The van der Waals surface area contributed by atoms with Crippen molar-refractivity contribution in [3.05, 3.63) is 66.1 Å². The summed E-state index contributed by atoms with van der Waals surface area (Å²) < 4.78 is 14.3. The highest BCUT2D eigenvalue weighted by molar-refractivity contribution is 5.63. The minimum absolute atomic E-state index is 0.269. The van der Waals surface area contributed by atoms with Gasteiger partial charge in [0.2, 0.25) is 0 Å². The highest BCUT2D eigenvalue weighted by atomic mass is 19.1. The van der Waals surface area contributed by atoms with E-state index in [2.05, 4.69) is 16.8 Å². The van der Waals surface area contributed by atoms with Gasteiger partial charge in [0.1, 0.15) is 5.82 Å². The van der Waals surface area contributed by atoms with Gasteiger partial charge in [0.25, 0.3) is 0 Å². The summed E-state index contributed by atoms with van der Waals surface area (Å²) in [5.74, 6) is -0.313. The molecular weight excluding hydrogens is 303 g/mol. The smallest absolute Gasteiger partial charge is 0.133 e. The Morgan fingerprint density at radius 2 is 2.08 bits per heavy atom. The zero-order valence-corrected chi connectivity index (χ0v) is 14.0. The number of unbranched alkanes of at least 4 members (excludes halogenated alkanes) is 1. The zero-order valence-electron chi connectivity index (χ0n) is 14.0. The van der Waals surface area contributed by atoms with E-state index in [1.807, 2.05) is 24.3 Å². The van der Waals surface area contributed by atoms with E-state index in [0.29, 0.717) is 17.7 Å². The number of hydrogen-bond donors (Lipinski definition) is 1. The summed E-state index contributed by atoms with van der Waals surface area (Å²) in [6.07, 6.45) is 8.59. The highest BCUT2D eigenvalue weighted by Gasteiger charge is 2.07. The van der Waals surface area contributed by atoms with Crippen LogP contribution in [0.3, 0.4) is 0 Å². The first-order valence-electron chi connectivity index (χ1n) is 8.18. The van der Waals surface area contributed by atoms with E-state index in [0.717, 1.165) is 30.5 Å². The number of nitrogens with zero attached hydrogens (tertiary/aromatic N) is 2. The SMILES string of the molecule is C=CCc1ccc(-c2ccc(C=CCCCC(C)O)cc2F)nn1. The van der Waals surface area contributed by atoms with Gasteiger partial charge in [-0.2, -0.15) is 10.2 Å². The molecule has 1 aromatic carbocycles. The van der Waals surface area contributed by atoms with Gasteiger partial charge >= 0.3 is 0 Å².